The van der Waals surface area contributed by atoms with Gasteiger partial charge in [0.15, 0.2) is 0 Å². The summed E-state index contributed by atoms with van der Waals surface area (Å²) in [4.78, 5) is 4.15. The first-order chi connectivity index (χ1) is 13.4. The zero-order valence-corrected chi connectivity index (χ0v) is 17.1. The third kappa shape index (κ3) is 6.46. The van der Waals surface area contributed by atoms with Crippen molar-refractivity contribution in [1.82, 2.24) is 4.98 Å². The van der Waals surface area contributed by atoms with Gasteiger partial charge in [-0.1, -0.05) is 36.7 Å². The summed E-state index contributed by atoms with van der Waals surface area (Å²) in [7, 11) is 1.48. The molecule has 0 aliphatic rings. The van der Waals surface area contributed by atoms with Crippen molar-refractivity contribution in [2.24, 2.45) is 0 Å². The Bertz CT molecular complexity index is 926. The predicted octanol–water partition coefficient (Wildman–Crippen LogP) is 5.99. The van der Waals surface area contributed by atoms with Gasteiger partial charge in [-0.2, -0.15) is 0 Å². The number of nitrogens with one attached hydrogen (secondary N) is 1. The van der Waals surface area contributed by atoms with Gasteiger partial charge in [-0.05, 0) is 72.4 Å². The van der Waals surface area contributed by atoms with E-state index in [9.17, 15) is 4.39 Å². The van der Waals surface area contributed by atoms with Crippen LogP contribution >= 0.6 is 11.6 Å². The van der Waals surface area contributed by atoms with E-state index in [-0.39, 0.29) is 11.7 Å². The van der Waals surface area contributed by atoms with E-state index in [0.717, 1.165) is 29.0 Å². The molecule has 1 heterocycles. The number of nitrogens with zero attached hydrogens (tertiary/aromatic N) is 1. The van der Waals surface area contributed by atoms with E-state index in [1.807, 2.05) is 31.2 Å². The third-order valence-electron chi connectivity index (χ3n) is 4.29. The highest BCUT2D eigenvalue weighted by Crippen LogP contribution is 2.19. The Morgan fingerprint density at radius 3 is 2.43 bits per heavy atom. The smallest absolute Gasteiger partial charge is 0.214 e. The maximum Gasteiger partial charge on any atom is 0.214 e. The molecule has 28 heavy (non-hydrogen) atoms. The van der Waals surface area contributed by atoms with E-state index in [1.54, 1.807) is 24.5 Å². The summed E-state index contributed by atoms with van der Waals surface area (Å²) >= 11 is 6.02. The minimum absolute atomic E-state index is 0.122. The number of methoxy groups -OCH3 is 1. The number of aryl methyl sites for hydroxylation is 2. The van der Waals surface area contributed by atoms with Gasteiger partial charge in [-0.3, -0.25) is 10.4 Å². The number of hydrogen-bond donors (Lipinski definition) is 1. The topological polar surface area (TPSA) is 46.0 Å². The molecule has 1 N–H and O–H groups in total. The van der Waals surface area contributed by atoms with Gasteiger partial charge in [0.2, 0.25) is 5.90 Å². The molecule has 3 rings (SSSR count). The van der Waals surface area contributed by atoms with Crippen molar-refractivity contribution in [2.45, 2.75) is 26.7 Å². The van der Waals surface area contributed by atoms with E-state index >= 15 is 0 Å². The quantitative estimate of drug-likeness (QED) is 0.433. The van der Waals surface area contributed by atoms with Crippen LogP contribution in [-0.2, 0) is 17.6 Å². The van der Waals surface area contributed by atoms with Crippen LogP contribution in [0.4, 0.5) is 4.39 Å². The molecular formula is C23H24ClFN2O. The first-order valence-corrected chi connectivity index (χ1v) is 9.37. The van der Waals surface area contributed by atoms with Crippen LogP contribution in [0.3, 0.4) is 0 Å². The molecular weight excluding hydrogens is 375 g/mol. The number of ether oxygens (including phenoxy) is 1. The summed E-state index contributed by atoms with van der Waals surface area (Å²) in [5.74, 6) is -0.0376. The highest BCUT2D eigenvalue weighted by atomic mass is 35.5. The lowest BCUT2D eigenvalue weighted by molar-refractivity contribution is 0.401. The molecule has 0 aliphatic carbocycles. The average Bonchev–Trinajstić information content (AvgIpc) is 2.71. The van der Waals surface area contributed by atoms with Crippen molar-refractivity contribution in [1.29, 1.82) is 5.41 Å². The number of benzene rings is 2. The Morgan fingerprint density at radius 2 is 1.79 bits per heavy atom. The minimum atomic E-state index is -0.160. The lowest BCUT2D eigenvalue weighted by Gasteiger charge is -2.08. The number of pyridine rings is 1. The molecule has 0 bridgehead atoms. The standard InChI is InChI=1S/C15H15ClN2O.C8H9F/c1-10-3-4-14(16)7-12(10)5-11-6-13(9-18-8-11)15(17)19-2;1-2-7-3-5-8(9)6-4-7/h3-4,6-9,17H,5H2,1-2H3;3-6H,2H2,1H3. The minimum Gasteiger partial charge on any atom is -0.481 e. The highest BCUT2D eigenvalue weighted by Gasteiger charge is 2.06. The molecule has 0 spiro atoms. The first kappa shape index (κ1) is 21.6. The molecule has 2 aromatic carbocycles. The predicted molar refractivity (Wildman–Crippen MR) is 113 cm³/mol. The lowest BCUT2D eigenvalue weighted by Crippen LogP contribution is -2.03. The molecule has 3 aromatic rings. The largest absolute Gasteiger partial charge is 0.481 e. The summed E-state index contributed by atoms with van der Waals surface area (Å²) < 4.78 is 17.1. The molecule has 3 nitrogen and oxygen atoms in total. The Hall–Kier alpha value is -2.72. The van der Waals surface area contributed by atoms with Crippen molar-refractivity contribution < 1.29 is 9.13 Å². The second kappa shape index (κ2) is 10.6. The van der Waals surface area contributed by atoms with Gasteiger partial charge in [-0.15, -0.1) is 0 Å². The summed E-state index contributed by atoms with van der Waals surface area (Å²) in [5.41, 5.74) is 5.24. The normalized spacial score (nSPS) is 10.0. The number of rotatable bonds is 4. The van der Waals surface area contributed by atoms with Crippen molar-refractivity contribution >= 4 is 17.5 Å². The van der Waals surface area contributed by atoms with Crippen LogP contribution in [0.2, 0.25) is 5.02 Å². The zero-order chi connectivity index (χ0) is 20.5. The van der Waals surface area contributed by atoms with Gasteiger partial charge in [0.25, 0.3) is 0 Å². The fourth-order valence-electron chi connectivity index (χ4n) is 2.60. The summed E-state index contributed by atoms with van der Waals surface area (Å²) in [5, 5.41) is 8.38. The van der Waals surface area contributed by atoms with Crippen molar-refractivity contribution in [3.63, 3.8) is 0 Å². The van der Waals surface area contributed by atoms with Crippen molar-refractivity contribution in [3.8, 4) is 0 Å². The zero-order valence-electron chi connectivity index (χ0n) is 16.3. The van der Waals surface area contributed by atoms with E-state index in [1.165, 1.54) is 30.4 Å². The van der Waals surface area contributed by atoms with Gasteiger partial charge < -0.3 is 4.74 Å². The van der Waals surface area contributed by atoms with E-state index < -0.39 is 0 Å². The molecule has 1 aromatic heterocycles. The van der Waals surface area contributed by atoms with E-state index in [2.05, 4.69) is 11.9 Å². The maximum absolute atomic E-state index is 12.2. The number of halogens is 2. The molecule has 0 radical (unpaired) electrons. The fourth-order valence-corrected chi connectivity index (χ4v) is 2.79. The van der Waals surface area contributed by atoms with Gasteiger partial charge in [0, 0.05) is 17.4 Å². The van der Waals surface area contributed by atoms with Gasteiger partial charge in [0.05, 0.1) is 12.7 Å². The maximum atomic E-state index is 12.2. The summed E-state index contributed by atoms with van der Waals surface area (Å²) in [6, 6.07) is 14.3. The van der Waals surface area contributed by atoms with Crippen molar-refractivity contribution in [3.05, 3.63) is 99.6 Å². The Labute approximate surface area is 170 Å². The molecule has 0 saturated carbocycles. The molecule has 0 amide bonds. The van der Waals surface area contributed by atoms with Crippen LogP contribution in [0.5, 0.6) is 0 Å². The Morgan fingerprint density at radius 1 is 1.07 bits per heavy atom. The third-order valence-corrected chi connectivity index (χ3v) is 4.52. The average molecular weight is 399 g/mol. The molecule has 5 heteroatoms. The van der Waals surface area contributed by atoms with Crippen LogP contribution in [0, 0.1) is 18.2 Å². The van der Waals surface area contributed by atoms with E-state index in [4.69, 9.17) is 21.7 Å². The van der Waals surface area contributed by atoms with Gasteiger partial charge in [-0.25, -0.2) is 4.39 Å². The van der Waals surface area contributed by atoms with Gasteiger partial charge in [0.1, 0.15) is 5.82 Å². The van der Waals surface area contributed by atoms with Crippen LogP contribution in [0.25, 0.3) is 0 Å². The second-order valence-corrected chi connectivity index (χ2v) is 6.78. The van der Waals surface area contributed by atoms with Crippen LogP contribution < -0.4 is 0 Å². The second-order valence-electron chi connectivity index (χ2n) is 6.34. The van der Waals surface area contributed by atoms with E-state index in [0.29, 0.717) is 5.56 Å². The Kier molecular flexibility index (Phi) is 8.15. The SMILES string of the molecule is CCc1ccc(F)cc1.COC(=N)c1cncc(Cc2cc(Cl)ccc2C)c1. The lowest BCUT2D eigenvalue weighted by atomic mass is 10.0. The molecule has 0 fully saturated rings. The molecule has 0 atom stereocenters. The first-order valence-electron chi connectivity index (χ1n) is 8.99. The summed E-state index contributed by atoms with van der Waals surface area (Å²) in [6.45, 7) is 4.10. The van der Waals surface area contributed by atoms with Crippen LogP contribution in [-0.4, -0.2) is 18.0 Å². The monoisotopic (exact) mass is 398 g/mol. The van der Waals surface area contributed by atoms with Gasteiger partial charge >= 0.3 is 0 Å². The molecule has 0 unspecified atom stereocenters. The number of hydrogen-bond acceptors (Lipinski definition) is 3. The molecule has 0 aliphatic heterocycles. The number of aromatic nitrogens is 1. The molecule has 146 valence electrons. The Balaban J connectivity index is 0.000000261. The fraction of sp³-hybridized carbons (Fsp3) is 0.217. The highest BCUT2D eigenvalue weighted by molar-refractivity contribution is 6.30. The summed E-state index contributed by atoms with van der Waals surface area (Å²) in [6.07, 6.45) is 5.14. The van der Waals surface area contributed by atoms with Crippen LogP contribution in [0.15, 0.2) is 60.9 Å². The van der Waals surface area contributed by atoms with Crippen molar-refractivity contribution in [2.75, 3.05) is 7.11 Å². The molecule has 0 saturated heterocycles. The van der Waals surface area contributed by atoms with Crippen LogP contribution in [0.1, 0.15) is 34.7 Å².